The number of anilines is 1. The number of nitrogens with zero attached hydrogens (tertiary/aromatic N) is 2. The van der Waals surface area contributed by atoms with E-state index in [1.54, 1.807) is 13.3 Å². The van der Waals surface area contributed by atoms with E-state index < -0.39 is 0 Å². The van der Waals surface area contributed by atoms with E-state index in [-0.39, 0.29) is 18.6 Å². The Balaban J connectivity index is 1.75. The smallest absolute Gasteiger partial charge is 0.251 e. The molecule has 3 rings (SSSR count). The molecular weight excluding hydrogens is 318 g/mol. The number of benzene rings is 1. The second kappa shape index (κ2) is 8.27. The Morgan fingerprint density at radius 2 is 2.20 bits per heavy atom. The number of hydrogen-bond acceptors (Lipinski definition) is 4. The van der Waals surface area contributed by atoms with Crippen LogP contribution in [-0.2, 0) is 20.7 Å². The fourth-order valence-corrected chi connectivity index (χ4v) is 3.30. The Hall–Kier alpha value is -2.18. The SMILES string of the molecule is COCCOCC(=O)Nc1c(C)cnn1[C@@H]1CCCc2ccccc21. The fraction of sp³-hybridized carbons (Fsp3) is 0.474. The van der Waals surface area contributed by atoms with Crippen molar-refractivity contribution in [3.05, 3.63) is 47.2 Å². The van der Waals surface area contributed by atoms with Crippen LogP contribution in [0.15, 0.2) is 30.5 Å². The van der Waals surface area contributed by atoms with Gasteiger partial charge in [-0.1, -0.05) is 24.3 Å². The molecule has 0 saturated heterocycles. The van der Waals surface area contributed by atoms with Crippen LogP contribution in [-0.4, -0.2) is 42.6 Å². The van der Waals surface area contributed by atoms with Crippen LogP contribution in [0.3, 0.4) is 0 Å². The average Bonchev–Trinajstić information content (AvgIpc) is 2.99. The first kappa shape index (κ1) is 17.6. The lowest BCUT2D eigenvalue weighted by atomic mass is 9.88. The first-order chi connectivity index (χ1) is 12.2. The van der Waals surface area contributed by atoms with Crippen molar-refractivity contribution in [2.75, 3.05) is 32.2 Å². The number of hydrogen-bond donors (Lipinski definition) is 1. The minimum Gasteiger partial charge on any atom is -0.382 e. The topological polar surface area (TPSA) is 65.4 Å². The summed E-state index contributed by atoms with van der Waals surface area (Å²) in [6.45, 7) is 2.84. The number of methoxy groups -OCH3 is 1. The third kappa shape index (κ3) is 4.08. The van der Waals surface area contributed by atoms with Gasteiger partial charge in [0.25, 0.3) is 5.91 Å². The lowest BCUT2D eigenvalue weighted by molar-refractivity contribution is -0.121. The molecule has 1 aliphatic rings. The summed E-state index contributed by atoms with van der Waals surface area (Å²) in [6, 6.07) is 8.64. The van der Waals surface area contributed by atoms with Crippen LogP contribution in [0.25, 0.3) is 0 Å². The molecule has 1 aromatic carbocycles. The van der Waals surface area contributed by atoms with E-state index in [1.165, 1.54) is 11.1 Å². The zero-order valence-corrected chi connectivity index (χ0v) is 14.8. The summed E-state index contributed by atoms with van der Waals surface area (Å²) >= 11 is 0. The highest BCUT2D eigenvalue weighted by Crippen LogP contribution is 2.35. The highest BCUT2D eigenvalue weighted by Gasteiger charge is 2.25. The van der Waals surface area contributed by atoms with Crippen molar-refractivity contribution < 1.29 is 14.3 Å². The van der Waals surface area contributed by atoms with Gasteiger partial charge >= 0.3 is 0 Å². The number of rotatable bonds is 7. The molecule has 0 spiro atoms. The molecule has 0 saturated carbocycles. The largest absolute Gasteiger partial charge is 0.382 e. The van der Waals surface area contributed by atoms with Crippen molar-refractivity contribution in [2.24, 2.45) is 0 Å². The molecule has 1 atom stereocenters. The summed E-state index contributed by atoms with van der Waals surface area (Å²) in [5.41, 5.74) is 3.61. The van der Waals surface area contributed by atoms with E-state index in [0.717, 1.165) is 30.6 Å². The van der Waals surface area contributed by atoms with Crippen molar-refractivity contribution in [1.82, 2.24) is 9.78 Å². The molecule has 1 aromatic heterocycles. The first-order valence-electron chi connectivity index (χ1n) is 8.69. The van der Waals surface area contributed by atoms with E-state index in [1.807, 2.05) is 11.6 Å². The highest BCUT2D eigenvalue weighted by molar-refractivity contribution is 5.91. The van der Waals surface area contributed by atoms with E-state index in [9.17, 15) is 4.79 Å². The van der Waals surface area contributed by atoms with Gasteiger partial charge < -0.3 is 14.8 Å². The van der Waals surface area contributed by atoms with Gasteiger partial charge in [0.2, 0.25) is 0 Å². The Kier molecular flexibility index (Phi) is 5.83. The van der Waals surface area contributed by atoms with Gasteiger partial charge in [0, 0.05) is 12.7 Å². The van der Waals surface area contributed by atoms with E-state index in [0.29, 0.717) is 13.2 Å². The van der Waals surface area contributed by atoms with Crippen LogP contribution >= 0.6 is 0 Å². The molecule has 134 valence electrons. The van der Waals surface area contributed by atoms with Gasteiger partial charge in [-0.3, -0.25) is 4.79 Å². The maximum Gasteiger partial charge on any atom is 0.251 e. The molecule has 1 amide bonds. The number of nitrogens with one attached hydrogen (secondary N) is 1. The summed E-state index contributed by atoms with van der Waals surface area (Å²) in [6.07, 6.45) is 5.04. The molecule has 1 aliphatic carbocycles. The second-order valence-electron chi connectivity index (χ2n) is 6.32. The molecule has 0 aliphatic heterocycles. The predicted octanol–water partition coefficient (Wildman–Crippen LogP) is 2.72. The minimum absolute atomic E-state index is 0.00916. The van der Waals surface area contributed by atoms with Crippen LogP contribution in [0.5, 0.6) is 0 Å². The normalized spacial score (nSPS) is 16.5. The van der Waals surface area contributed by atoms with Gasteiger partial charge in [-0.15, -0.1) is 0 Å². The van der Waals surface area contributed by atoms with Gasteiger partial charge in [0.15, 0.2) is 0 Å². The molecule has 25 heavy (non-hydrogen) atoms. The number of carbonyl (C=O) groups excluding carboxylic acids is 1. The molecule has 0 unspecified atom stereocenters. The summed E-state index contributed by atoms with van der Waals surface area (Å²) in [5.74, 6) is 0.576. The van der Waals surface area contributed by atoms with Gasteiger partial charge in [0.1, 0.15) is 12.4 Å². The maximum absolute atomic E-state index is 12.2. The van der Waals surface area contributed by atoms with Crippen molar-refractivity contribution >= 4 is 11.7 Å². The number of aryl methyl sites for hydroxylation is 2. The zero-order chi connectivity index (χ0) is 17.6. The summed E-state index contributed by atoms with van der Waals surface area (Å²) in [4.78, 5) is 12.2. The molecule has 0 radical (unpaired) electrons. The van der Waals surface area contributed by atoms with Gasteiger partial charge in [-0.2, -0.15) is 5.10 Å². The van der Waals surface area contributed by atoms with E-state index >= 15 is 0 Å². The molecule has 1 N–H and O–H groups in total. The molecule has 1 heterocycles. The van der Waals surface area contributed by atoms with Crippen molar-refractivity contribution in [3.63, 3.8) is 0 Å². The molecule has 2 aromatic rings. The minimum atomic E-state index is -0.176. The Morgan fingerprint density at radius 1 is 1.36 bits per heavy atom. The molecule has 6 heteroatoms. The van der Waals surface area contributed by atoms with Gasteiger partial charge in [-0.05, 0) is 37.3 Å². The number of aromatic nitrogens is 2. The van der Waals surface area contributed by atoms with Crippen molar-refractivity contribution in [3.8, 4) is 0 Å². The fourth-order valence-electron chi connectivity index (χ4n) is 3.30. The van der Waals surface area contributed by atoms with Gasteiger partial charge in [-0.25, -0.2) is 4.68 Å². The third-order valence-corrected chi connectivity index (χ3v) is 4.53. The van der Waals surface area contributed by atoms with Crippen LogP contribution in [0.4, 0.5) is 5.82 Å². The van der Waals surface area contributed by atoms with E-state index in [4.69, 9.17) is 9.47 Å². The van der Waals surface area contributed by atoms with Crippen LogP contribution in [0.2, 0.25) is 0 Å². The monoisotopic (exact) mass is 343 g/mol. The first-order valence-corrected chi connectivity index (χ1v) is 8.69. The van der Waals surface area contributed by atoms with Crippen molar-refractivity contribution in [1.29, 1.82) is 0 Å². The summed E-state index contributed by atoms with van der Waals surface area (Å²) in [5, 5.41) is 7.50. The number of amides is 1. The molecule has 0 bridgehead atoms. The number of carbonyl (C=O) groups is 1. The summed E-state index contributed by atoms with van der Waals surface area (Å²) in [7, 11) is 1.60. The number of fused-ring (bicyclic) bond motifs is 1. The number of ether oxygens (including phenoxy) is 2. The second-order valence-corrected chi connectivity index (χ2v) is 6.32. The standard InChI is InChI=1S/C19H25N3O3/c1-14-12-20-22(19(14)21-18(23)13-25-11-10-24-2)17-9-5-7-15-6-3-4-8-16(15)17/h3-4,6,8,12,17H,5,7,9-11,13H2,1-2H3,(H,21,23)/t17-/m1/s1. The lowest BCUT2D eigenvalue weighted by Gasteiger charge is -2.27. The van der Waals surface area contributed by atoms with Crippen molar-refractivity contribution in [2.45, 2.75) is 32.2 Å². The predicted molar refractivity (Wildman–Crippen MR) is 95.8 cm³/mol. The zero-order valence-electron chi connectivity index (χ0n) is 14.8. The quantitative estimate of drug-likeness (QED) is 0.785. The van der Waals surface area contributed by atoms with Crippen LogP contribution < -0.4 is 5.32 Å². The molecule has 6 nitrogen and oxygen atoms in total. The third-order valence-electron chi connectivity index (χ3n) is 4.53. The van der Waals surface area contributed by atoms with Gasteiger partial charge in [0.05, 0.1) is 25.5 Å². The Labute approximate surface area is 148 Å². The molecule has 0 fully saturated rings. The maximum atomic E-state index is 12.2. The lowest BCUT2D eigenvalue weighted by Crippen LogP contribution is -2.25. The Bertz CT molecular complexity index is 726. The summed E-state index contributed by atoms with van der Waals surface area (Å²) < 4.78 is 12.2. The molecular formula is C19H25N3O3. The highest BCUT2D eigenvalue weighted by atomic mass is 16.5. The Morgan fingerprint density at radius 3 is 3.04 bits per heavy atom. The van der Waals surface area contributed by atoms with Crippen LogP contribution in [0, 0.1) is 6.92 Å². The van der Waals surface area contributed by atoms with E-state index in [2.05, 4.69) is 34.7 Å². The van der Waals surface area contributed by atoms with Crippen LogP contribution in [0.1, 0.15) is 35.6 Å². The average molecular weight is 343 g/mol.